The Balaban J connectivity index is 1.83. The molecule has 1 N–H and O–H groups in total. The van der Waals surface area contributed by atoms with Gasteiger partial charge in [-0.3, -0.25) is 9.69 Å². The van der Waals surface area contributed by atoms with Gasteiger partial charge in [-0.15, -0.1) is 0 Å². The number of aromatic hydroxyl groups is 1. The van der Waals surface area contributed by atoms with Crippen LogP contribution in [-0.2, 0) is 6.54 Å². The van der Waals surface area contributed by atoms with Crippen molar-refractivity contribution >= 4 is 11.4 Å². The molecule has 7 nitrogen and oxygen atoms in total. The van der Waals surface area contributed by atoms with Gasteiger partial charge in [-0.05, 0) is 32.9 Å². The van der Waals surface area contributed by atoms with E-state index in [0.717, 1.165) is 23.5 Å². The lowest BCUT2D eigenvalue weighted by Gasteiger charge is -2.23. The van der Waals surface area contributed by atoms with Gasteiger partial charge in [0.05, 0.1) is 23.1 Å². The molecule has 1 aliphatic heterocycles. The van der Waals surface area contributed by atoms with Gasteiger partial charge < -0.3 is 9.52 Å². The first-order chi connectivity index (χ1) is 13.5. The Bertz CT molecular complexity index is 1100. The standard InChI is InChI=1S/C21H22N4O3/c1-4-24-12-16(14(3)22-24)18-11-17(20-19(26)10-13(2)28-21(20)27)23-25(18)15-8-6-5-7-9-15/h5-10,12,18,26H,4,11H2,1-3H3. The summed E-state index contributed by atoms with van der Waals surface area (Å²) in [5, 5.41) is 21.5. The van der Waals surface area contributed by atoms with Crippen molar-refractivity contribution in [3.63, 3.8) is 0 Å². The highest BCUT2D eigenvalue weighted by Gasteiger charge is 2.34. The topological polar surface area (TPSA) is 83.9 Å². The molecule has 1 atom stereocenters. The van der Waals surface area contributed by atoms with Crippen LogP contribution < -0.4 is 10.6 Å². The molecule has 4 rings (SSSR count). The third-order valence-corrected chi connectivity index (χ3v) is 4.94. The van der Waals surface area contributed by atoms with Crippen LogP contribution in [0, 0.1) is 13.8 Å². The van der Waals surface area contributed by atoms with E-state index in [4.69, 9.17) is 9.52 Å². The van der Waals surface area contributed by atoms with E-state index in [1.165, 1.54) is 6.07 Å². The number of benzene rings is 1. The number of hydrazone groups is 1. The van der Waals surface area contributed by atoms with Crippen molar-refractivity contribution in [3.05, 3.63) is 75.6 Å². The fraction of sp³-hybridized carbons (Fsp3) is 0.286. The van der Waals surface area contributed by atoms with Gasteiger partial charge >= 0.3 is 5.63 Å². The smallest absolute Gasteiger partial charge is 0.348 e. The first-order valence-corrected chi connectivity index (χ1v) is 9.27. The van der Waals surface area contributed by atoms with E-state index in [-0.39, 0.29) is 17.4 Å². The zero-order valence-electron chi connectivity index (χ0n) is 16.1. The lowest BCUT2D eigenvalue weighted by Crippen LogP contribution is -2.19. The quantitative estimate of drug-likeness (QED) is 0.751. The van der Waals surface area contributed by atoms with Crippen LogP contribution in [0.2, 0.25) is 0 Å². The Hall–Kier alpha value is -3.35. The highest BCUT2D eigenvalue weighted by molar-refractivity contribution is 6.04. The molecule has 28 heavy (non-hydrogen) atoms. The number of anilines is 1. The maximum Gasteiger partial charge on any atom is 0.348 e. The van der Waals surface area contributed by atoms with E-state index >= 15 is 0 Å². The Morgan fingerprint density at radius 3 is 2.64 bits per heavy atom. The molecular formula is C21H22N4O3. The maximum atomic E-state index is 12.4. The summed E-state index contributed by atoms with van der Waals surface area (Å²) >= 11 is 0. The molecule has 0 saturated carbocycles. The average Bonchev–Trinajstić information content (AvgIpc) is 3.25. The highest BCUT2D eigenvalue weighted by atomic mass is 16.4. The average molecular weight is 378 g/mol. The second kappa shape index (κ2) is 6.99. The van der Waals surface area contributed by atoms with Crippen molar-refractivity contribution in [1.29, 1.82) is 0 Å². The Morgan fingerprint density at radius 1 is 1.25 bits per heavy atom. The Morgan fingerprint density at radius 2 is 2.00 bits per heavy atom. The summed E-state index contributed by atoms with van der Waals surface area (Å²) in [6.07, 6.45) is 2.48. The van der Waals surface area contributed by atoms with Gasteiger partial charge in [-0.1, -0.05) is 18.2 Å². The maximum absolute atomic E-state index is 12.4. The highest BCUT2D eigenvalue weighted by Crippen LogP contribution is 2.38. The van der Waals surface area contributed by atoms with E-state index in [9.17, 15) is 9.90 Å². The summed E-state index contributed by atoms with van der Waals surface area (Å²) in [6.45, 7) is 6.41. The second-order valence-corrected chi connectivity index (χ2v) is 6.88. The van der Waals surface area contributed by atoms with Crippen LogP contribution in [0.1, 0.15) is 42.0 Å². The fourth-order valence-electron chi connectivity index (χ4n) is 3.61. The van der Waals surface area contributed by atoms with Crippen LogP contribution in [-0.4, -0.2) is 20.6 Å². The molecule has 0 saturated heterocycles. The molecule has 7 heteroatoms. The van der Waals surface area contributed by atoms with Gasteiger partial charge in [-0.25, -0.2) is 4.79 Å². The zero-order chi connectivity index (χ0) is 19.8. The van der Waals surface area contributed by atoms with Crippen LogP contribution >= 0.6 is 0 Å². The van der Waals surface area contributed by atoms with Gasteiger partial charge in [0, 0.05) is 30.8 Å². The lowest BCUT2D eigenvalue weighted by molar-refractivity contribution is 0.432. The third-order valence-electron chi connectivity index (χ3n) is 4.94. The number of rotatable bonds is 4. The summed E-state index contributed by atoms with van der Waals surface area (Å²) in [7, 11) is 0. The predicted octanol–water partition coefficient (Wildman–Crippen LogP) is 3.53. The molecule has 2 aromatic heterocycles. The van der Waals surface area contributed by atoms with E-state index in [2.05, 4.69) is 5.10 Å². The van der Waals surface area contributed by atoms with Gasteiger partial charge in [0.1, 0.15) is 17.1 Å². The zero-order valence-corrected chi connectivity index (χ0v) is 16.1. The molecule has 0 spiro atoms. The molecule has 1 aromatic carbocycles. The predicted molar refractivity (Wildman–Crippen MR) is 107 cm³/mol. The molecule has 0 radical (unpaired) electrons. The monoisotopic (exact) mass is 378 g/mol. The molecule has 0 amide bonds. The van der Waals surface area contributed by atoms with Crippen molar-refractivity contribution in [2.45, 2.75) is 39.8 Å². The fourth-order valence-corrected chi connectivity index (χ4v) is 3.61. The number of aryl methyl sites for hydroxylation is 3. The largest absolute Gasteiger partial charge is 0.507 e. The van der Waals surface area contributed by atoms with Crippen LogP contribution in [0.5, 0.6) is 5.75 Å². The van der Waals surface area contributed by atoms with E-state index in [1.54, 1.807) is 6.92 Å². The molecule has 0 fully saturated rings. The second-order valence-electron chi connectivity index (χ2n) is 6.88. The molecule has 144 valence electrons. The SMILES string of the molecule is CCn1cc(C2CC(c3c(O)cc(C)oc3=O)=NN2c2ccccc2)c(C)n1. The summed E-state index contributed by atoms with van der Waals surface area (Å²) in [4.78, 5) is 12.4. The van der Waals surface area contributed by atoms with Gasteiger partial charge in [-0.2, -0.15) is 10.2 Å². The Labute approximate surface area is 162 Å². The Kier molecular flexibility index (Phi) is 4.50. The number of hydrogen-bond donors (Lipinski definition) is 1. The minimum absolute atomic E-state index is 0.109. The molecule has 3 aromatic rings. The summed E-state index contributed by atoms with van der Waals surface area (Å²) < 4.78 is 7.09. The lowest BCUT2D eigenvalue weighted by atomic mass is 9.99. The van der Waals surface area contributed by atoms with Crippen molar-refractivity contribution < 1.29 is 9.52 Å². The van der Waals surface area contributed by atoms with Crippen molar-refractivity contribution in [3.8, 4) is 5.75 Å². The first kappa shape index (κ1) is 18.0. The number of nitrogens with zero attached hydrogens (tertiary/aromatic N) is 4. The summed E-state index contributed by atoms with van der Waals surface area (Å²) in [6, 6.07) is 11.1. The summed E-state index contributed by atoms with van der Waals surface area (Å²) in [5.74, 6) is 0.253. The number of hydrogen-bond acceptors (Lipinski definition) is 6. The van der Waals surface area contributed by atoms with E-state index in [1.807, 2.05) is 60.1 Å². The van der Waals surface area contributed by atoms with Crippen molar-refractivity contribution in [2.75, 3.05) is 5.01 Å². The van der Waals surface area contributed by atoms with Crippen LogP contribution in [0.25, 0.3) is 0 Å². The van der Waals surface area contributed by atoms with Gasteiger partial charge in [0.15, 0.2) is 0 Å². The molecule has 1 aliphatic rings. The van der Waals surface area contributed by atoms with E-state index in [0.29, 0.717) is 17.9 Å². The first-order valence-electron chi connectivity index (χ1n) is 9.27. The third kappa shape index (κ3) is 3.09. The molecule has 0 aliphatic carbocycles. The van der Waals surface area contributed by atoms with Crippen LogP contribution in [0.4, 0.5) is 5.69 Å². The minimum atomic E-state index is -0.578. The molecule has 1 unspecified atom stereocenters. The molecular weight excluding hydrogens is 356 g/mol. The minimum Gasteiger partial charge on any atom is -0.507 e. The van der Waals surface area contributed by atoms with Gasteiger partial charge in [0.25, 0.3) is 0 Å². The van der Waals surface area contributed by atoms with E-state index < -0.39 is 5.63 Å². The molecule has 3 heterocycles. The van der Waals surface area contributed by atoms with Crippen LogP contribution in [0.15, 0.2) is 56.9 Å². The molecule has 0 bridgehead atoms. The van der Waals surface area contributed by atoms with Crippen molar-refractivity contribution in [2.24, 2.45) is 5.10 Å². The number of para-hydroxylation sites is 1. The normalized spacial score (nSPS) is 16.5. The van der Waals surface area contributed by atoms with Crippen molar-refractivity contribution in [1.82, 2.24) is 9.78 Å². The van der Waals surface area contributed by atoms with Crippen LogP contribution in [0.3, 0.4) is 0 Å². The number of aromatic nitrogens is 2. The van der Waals surface area contributed by atoms with Gasteiger partial charge in [0.2, 0.25) is 0 Å². The summed E-state index contributed by atoms with van der Waals surface area (Å²) in [5.41, 5.74) is 2.91.